The molecular weight excluding hydrogens is 299 g/mol. The zero-order valence-electron chi connectivity index (χ0n) is 10.5. The van der Waals surface area contributed by atoms with Gasteiger partial charge in [-0.25, -0.2) is 4.39 Å². The van der Waals surface area contributed by atoms with Crippen LogP contribution in [0.5, 0.6) is 0 Å². The maximum atomic E-state index is 13.2. The highest BCUT2D eigenvalue weighted by atomic mass is 35.5. The molecule has 1 amide bonds. The van der Waals surface area contributed by atoms with Gasteiger partial charge in [-0.15, -0.1) is 0 Å². The molecule has 0 fully saturated rings. The average Bonchev–Trinajstić information content (AvgIpc) is 2.48. The van der Waals surface area contributed by atoms with Crippen molar-refractivity contribution in [2.45, 2.75) is 0 Å². The number of benzene rings is 1. The van der Waals surface area contributed by atoms with Crippen LogP contribution in [-0.4, -0.2) is 21.9 Å². The summed E-state index contributed by atoms with van der Waals surface area (Å²) in [4.78, 5) is 15.9. The van der Waals surface area contributed by atoms with Crippen molar-refractivity contribution in [2.24, 2.45) is 10.9 Å². The van der Waals surface area contributed by atoms with E-state index in [1.54, 1.807) is 0 Å². The summed E-state index contributed by atoms with van der Waals surface area (Å²) in [5, 5.41) is 14.2. The van der Waals surface area contributed by atoms with Gasteiger partial charge in [0.15, 0.2) is 5.84 Å². The first-order valence-corrected chi connectivity index (χ1v) is 6.09. The Morgan fingerprint density at radius 2 is 2.14 bits per heavy atom. The van der Waals surface area contributed by atoms with E-state index in [4.69, 9.17) is 22.5 Å². The Morgan fingerprint density at radius 3 is 2.81 bits per heavy atom. The number of hydrogen-bond donors (Lipinski definition) is 3. The second-order valence-corrected chi connectivity index (χ2v) is 4.39. The van der Waals surface area contributed by atoms with Gasteiger partial charge in [-0.3, -0.25) is 9.78 Å². The minimum Gasteiger partial charge on any atom is -0.409 e. The Balaban J connectivity index is 2.36. The number of nitrogens with two attached hydrogens (primary N) is 1. The molecule has 0 aliphatic carbocycles. The molecule has 8 heteroatoms. The number of nitrogens with zero attached hydrogens (tertiary/aromatic N) is 2. The molecule has 0 radical (unpaired) electrons. The number of hydrogen-bond acceptors (Lipinski definition) is 4. The maximum absolute atomic E-state index is 13.2. The van der Waals surface area contributed by atoms with Crippen LogP contribution in [0, 0.1) is 5.82 Å². The molecule has 6 nitrogen and oxygen atoms in total. The summed E-state index contributed by atoms with van der Waals surface area (Å²) in [6.07, 6.45) is 2.74. The second-order valence-electron chi connectivity index (χ2n) is 3.98. The van der Waals surface area contributed by atoms with E-state index in [0.717, 1.165) is 12.1 Å². The van der Waals surface area contributed by atoms with Crippen molar-refractivity contribution in [2.75, 3.05) is 5.32 Å². The summed E-state index contributed by atoms with van der Waals surface area (Å²) in [5.74, 6) is -1.44. The van der Waals surface area contributed by atoms with Gasteiger partial charge in [0.2, 0.25) is 0 Å². The molecule has 0 bridgehead atoms. The molecule has 1 aromatic carbocycles. The Morgan fingerprint density at radius 1 is 1.38 bits per heavy atom. The monoisotopic (exact) mass is 308 g/mol. The summed E-state index contributed by atoms with van der Waals surface area (Å²) < 4.78 is 13.2. The van der Waals surface area contributed by atoms with E-state index in [-0.39, 0.29) is 27.7 Å². The van der Waals surface area contributed by atoms with Gasteiger partial charge in [-0.1, -0.05) is 16.8 Å². The van der Waals surface area contributed by atoms with Crippen molar-refractivity contribution in [3.63, 3.8) is 0 Å². The zero-order chi connectivity index (χ0) is 15.4. The first-order chi connectivity index (χ1) is 10.0. The first kappa shape index (κ1) is 14.7. The number of halogens is 2. The van der Waals surface area contributed by atoms with Gasteiger partial charge in [-0.05, 0) is 24.3 Å². The Kier molecular flexibility index (Phi) is 4.34. The van der Waals surface area contributed by atoms with Crippen LogP contribution in [0.1, 0.15) is 15.9 Å². The first-order valence-electron chi connectivity index (χ1n) is 5.71. The summed E-state index contributed by atoms with van der Waals surface area (Å²) in [6.45, 7) is 0. The van der Waals surface area contributed by atoms with Crippen LogP contribution >= 0.6 is 11.6 Å². The second kappa shape index (κ2) is 6.19. The highest BCUT2D eigenvalue weighted by Crippen LogP contribution is 2.20. The lowest BCUT2D eigenvalue weighted by Crippen LogP contribution is -2.19. The molecule has 108 valence electrons. The molecule has 2 aromatic rings. The lowest BCUT2D eigenvalue weighted by Gasteiger charge is -2.11. The van der Waals surface area contributed by atoms with Crippen molar-refractivity contribution in [3.05, 3.63) is 58.6 Å². The summed E-state index contributed by atoms with van der Waals surface area (Å²) >= 11 is 5.87. The van der Waals surface area contributed by atoms with Crippen LogP contribution in [0.2, 0.25) is 5.02 Å². The van der Waals surface area contributed by atoms with Crippen LogP contribution in [-0.2, 0) is 0 Å². The summed E-state index contributed by atoms with van der Waals surface area (Å²) in [6, 6.07) is 4.91. The van der Waals surface area contributed by atoms with Gasteiger partial charge in [-0.2, -0.15) is 0 Å². The Hall–Kier alpha value is -2.67. The number of amidine groups is 1. The number of oxime groups is 1. The molecule has 0 aliphatic rings. The van der Waals surface area contributed by atoms with E-state index in [1.807, 2.05) is 0 Å². The summed E-state index contributed by atoms with van der Waals surface area (Å²) in [7, 11) is 0. The van der Waals surface area contributed by atoms with Crippen LogP contribution < -0.4 is 11.1 Å². The molecule has 1 heterocycles. The third-order valence-corrected chi connectivity index (χ3v) is 2.93. The standard InChI is InChI=1S/C13H10ClFN4O2/c14-10-6-17-4-3-8(10)13(20)18-11-2-1-7(15)5-9(11)12(16)19-21/h1-6,21H,(H2,16,19)(H,18,20). The number of rotatable bonds is 3. The molecule has 21 heavy (non-hydrogen) atoms. The molecular formula is C13H10ClFN4O2. The van der Waals surface area contributed by atoms with Crippen molar-refractivity contribution >= 4 is 29.0 Å². The lowest BCUT2D eigenvalue weighted by molar-refractivity contribution is 0.102. The van der Waals surface area contributed by atoms with Crippen LogP contribution in [0.4, 0.5) is 10.1 Å². The minimum absolute atomic E-state index is 0.0519. The molecule has 0 saturated heterocycles. The van der Waals surface area contributed by atoms with E-state index in [0.29, 0.717) is 0 Å². The Bertz CT molecular complexity index is 721. The number of nitrogens with one attached hydrogen (secondary N) is 1. The zero-order valence-corrected chi connectivity index (χ0v) is 11.3. The minimum atomic E-state index is -0.587. The number of amides is 1. The third kappa shape index (κ3) is 3.26. The SMILES string of the molecule is N/C(=N/O)c1cc(F)ccc1NC(=O)c1ccncc1Cl. The number of carbonyl (C=O) groups is 1. The number of pyridine rings is 1. The van der Waals surface area contributed by atoms with Gasteiger partial charge in [0.1, 0.15) is 5.82 Å². The number of aromatic nitrogens is 1. The van der Waals surface area contributed by atoms with E-state index in [2.05, 4.69) is 15.5 Å². The van der Waals surface area contributed by atoms with Crippen molar-refractivity contribution in [3.8, 4) is 0 Å². The summed E-state index contributed by atoms with van der Waals surface area (Å²) in [5.41, 5.74) is 5.89. The molecule has 1 aromatic heterocycles. The molecule has 0 atom stereocenters. The van der Waals surface area contributed by atoms with Crippen molar-refractivity contribution in [1.29, 1.82) is 0 Å². The van der Waals surface area contributed by atoms with E-state index in [9.17, 15) is 9.18 Å². The van der Waals surface area contributed by atoms with Crippen molar-refractivity contribution in [1.82, 2.24) is 4.98 Å². The van der Waals surface area contributed by atoms with Gasteiger partial charge >= 0.3 is 0 Å². The van der Waals surface area contributed by atoms with Gasteiger partial charge in [0.05, 0.1) is 16.3 Å². The average molecular weight is 309 g/mol. The third-order valence-electron chi connectivity index (χ3n) is 2.63. The van der Waals surface area contributed by atoms with E-state index in [1.165, 1.54) is 24.5 Å². The highest BCUT2D eigenvalue weighted by Gasteiger charge is 2.14. The van der Waals surface area contributed by atoms with Gasteiger partial charge in [0.25, 0.3) is 5.91 Å². The van der Waals surface area contributed by atoms with Crippen LogP contribution in [0.15, 0.2) is 41.8 Å². The predicted octanol–water partition coefficient (Wildman–Crippen LogP) is 2.22. The van der Waals surface area contributed by atoms with E-state index < -0.39 is 11.7 Å². The Labute approximate surface area is 124 Å². The largest absolute Gasteiger partial charge is 0.409 e. The smallest absolute Gasteiger partial charge is 0.257 e. The van der Waals surface area contributed by atoms with Gasteiger partial charge < -0.3 is 16.3 Å². The molecule has 0 saturated carbocycles. The molecule has 0 aliphatic heterocycles. The number of anilines is 1. The van der Waals surface area contributed by atoms with Gasteiger partial charge in [0, 0.05) is 18.0 Å². The predicted molar refractivity (Wildman–Crippen MR) is 76.1 cm³/mol. The quantitative estimate of drug-likeness (QED) is 0.350. The normalized spacial score (nSPS) is 11.2. The fraction of sp³-hybridized carbons (Fsp3) is 0. The van der Waals surface area contributed by atoms with Crippen molar-refractivity contribution < 1.29 is 14.4 Å². The molecule has 0 spiro atoms. The number of carbonyl (C=O) groups excluding carboxylic acids is 1. The maximum Gasteiger partial charge on any atom is 0.257 e. The molecule has 4 N–H and O–H groups in total. The topological polar surface area (TPSA) is 101 Å². The van der Waals surface area contributed by atoms with Crippen LogP contribution in [0.25, 0.3) is 0 Å². The highest BCUT2D eigenvalue weighted by molar-refractivity contribution is 6.34. The van der Waals surface area contributed by atoms with Crippen LogP contribution in [0.3, 0.4) is 0 Å². The molecule has 2 rings (SSSR count). The lowest BCUT2D eigenvalue weighted by atomic mass is 10.1. The molecule has 0 unspecified atom stereocenters. The fourth-order valence-corrected chi connectivity index (χ4v) is 1.85. The van der Waals surface area contributed by atoms with E-state index >= 15 is 0 Å². The fourth-order valence-electron chi connectivity index (χ4n) is 1.64.